The molecule has 0 aliphatic heterocycles. The monoisotopic (exact) mass is 252 g/mol. The van der Waals surface area contributed by atoms with Crippen molar-refractivity contribution in [2.24, 2.45) is 7.05 Å². The molecule has 1 N–H and O–H groups in total. The second-order valence-electron chi connectivity index (χ2n) is 2.98. The molecule has 0 unspecified atom stereocenters. The van der Waals surface area contributed by atoms with Crippen LogP contribution in [0.15, 0.2) is 34.9 Å². The highest BCUT2D eigenvalue weighted by atomic mass is 79.9. The summed E-state index contributed by atoms with van der Waals surface area (Å²) >= 11 is 3.43. The van der Waals surface area contributed by atoms with Crippen molar-refractivity contribution >= 4 is 15.9 Å². The third kappa shape index (κ3) is 1.42. The Bertz CT molecular complexity index is 445. The van der Waals surface area contributed by atoms with Crippen molar-refractivity contribution in [3.63, 3.8) is 0 Å². The summed E-state index contributed by atoms with van der Waals surface area (Å²) in [6.45, 7) is 0. The van der Waals surface area contributed by atoms with Crippen LogP contribution in [-0.2, 0) is 7.05 Å². The summed E-state index contributed by atoms with van der Waals surface area (Å²) in [5.74, 6) is 0.194. The van der Waals surface area contributed by atoms with Crippen molar-refractivity contribution in [3.8, 4) is 17.0 Å². The zero-order valence-electron chi connectivity index (χ0n) is 7.61. The molecule has 0 atom stereocenters. The number of nitrogens with zero attached hydrogens (tertiary/aromatic N) is 2. The fourth-order valence-corrected chi connectivity index (χ4v) is 1.86. The maximum absolute atomic E-state index is 9.61. The second-order valence-corrected chi connectivity index (χ2v) is 3.84. The lowest BCUT2D eigenvalue weighted by Crippen LogP contribution is -1.93. The van der Waals surface area contributed by atoms with E-state index < -0.39 is 0 Å². The SMILES string of the molecule is Cn1ncc(O)c1-c1ccccc1Br. The van der Waals surface area contributed by atoms with Crippen LogP contribution >= 0.6 is 15.9 Å². The molecule has 4 heteroatoms. The molecule has 0 aliphatic rings. The summed E-state index contributed by atoms with van der Waals surface area (Å²) in [5, 5.41) is 13.6. The van der Waals surface area contributed by atoms with Gasteiger partial charge in [-0.15, -0.1) is 0 Å². The Labute approximate surface area is 90.1 Å². The lowest BCUT2D eigenvalue weighted by molar-refractivity contribution is 0.477. The number of rotatable bonds is 1. The van der Waals surface area contributed by atoms with E-state index in [1.807, 2.05) is 24.3 Å². The quantitative estimate of drug-likeness (QED) is 0.848. The highest BCUT2D eigenvalue weighted by molar-refractivity contribution is 9.10. The molecule has 0 radical (unpaired) electrons. The van der Waals surface area contributed by atoms with Gasteiger partial charge in [-0.1, -0.05) is 34.1 Å². The standard InChI is InChI=1S/C10H9BrN2O/c1-13-10(9(14)6-12-13)7-4-2-3-5-8(7)11/h2-6,14H,1H3. The number of benzene rings is 1. The Balaban J connectivity index is 2.66. The van der Waals surface area contributed by atoms with Crippen molar-refractivity contribution < 1.29 is 5.11 Å². The van der Waals surface area contributed by atoms with Crippen LogP contribution in [0.5, 0.6) is 5.75 Å². The van der Waals surface area contributed by atoms with Gasteiger partial charge in [0.1, 0.15) is 5.69 Å². The van der Waals surface area contributed by atoms with E-state index in [-0.39, 0.29) is 5.75 Å². The zero-order valence-corrected chi connectivity index (χ0v) is 9.19. The normalized spacial score (nSPS) is 10.4. The fourth-order valence-electron chi connectivity index (χ4n) is 1.39. The number of halogens is 1. The van der Waals surface area contributed by atoms with Crippen LogP contribution < -0.4 is 0 Å². The van der Waals surface area contributed by atoms with Gasteiger partial charge in [-0.2, -0.15) is 5.10 Å². The molecule has 0 amide bonds. The molecule has 1 aromatic heterocycles. The maximum atomic E-state index is 9.61. The molecule has 14 heavy (non-hydrogen) atoms. The van der Waals surface area contributed by atoms with Gasteiger partial charge < -0.3 is 5.11 Å². The third-order valence-electron chi connectivity index (χ3n) is 2.05. The molecule has 2 rings (SSSR count). The van der Waals surface area contributed by atoms with Crippen LogP contribution in [-0.4, -0.2) is 14.9 Å². The van der Waals surface area contributed by atoms with Crippen molar-refractivity contribution in [1.82, 2.24) is 9.78 Å². The molecule has 0 saturated carbocycles. The van der Waals surface area contributed by atoms with Crippen LogP contribution in [0.3, 0.4) is 0 Å². The summed E-state index contributed by atoms with van der Waals surface area (Å²) in [7, 11) is 1.80. The molecule has 3 nitrogen and oxygen atoms in total. The first kappa shape index (κ1) is 9.27. The van der Waals surface area contributed by atoms with Crippen molar-refractivity contribution in [2.45, 2.75) is 0 Å². The molecule has 0 aliphatic carbocycles. The highest BCUT2D eigenvalue weighted by Gasteiger charge is 2.11. The van der Waals surface area contributed by atoms with E-state index in [1.54, 1.807) is 11.7 Å². The Morgan fingerprint density at radius 1 is 1.36 bits per heavy atom. The molecule has 72 valence electrons. The molecular formula is C10H9BrN2O. The minimum atomic E-state index is 0.194. The first-order chi connectivity index (χ1) is 6.70. The summed E-state index contributed by atoms with van der Waals surface area (Å²) in [5.41, 5.74) is 1.66. The van der Waals surface area contributed by atoms with E-state index in [0.717, 1.165) is 15.7 Å². The van der Waals surface area contributed by atoms with E-state index in [1.165, 1.54) is 6.20 Å². The molecule has 0 bridgehead atoms. The van der Waals surface area contributed by atoms with Gasteiger partial charge in [-0.25, -0.2) is 0 Å². The summed E-state index contributed by atoms with van der Waals surface area (Å²) in [4.78, 5) is 0. The van der Waals surface area contributed by atoms with E-state index in [2.05, 4.69) is 21.0 Å². The highest BCUT2D eigenvalue weighted by Crippen LogP contribution is 2.33. The Kier molecular flexibility index (Phi) is 2.29. The first-order valence-electron chi connectivity index (χ1n) is 4.16. The van der Waals surface area contributed by atoms with Gasteiger partial charge in [0, 0.05) is 17.1 Å². The molecule has 0 fully saturated rings. The topological polar surface area (TPSA) is 38.0 Å². The van der Waals surface area contributed by atoms with Crippen molar-refractivity contribution in [1.29, 1.82) is 0 Å². The average molecular weight is 253 g/mol. The molecule has 0 spiro atoms. The van der Waals surface area contributed by atoms with Gasteiger partial charge in [-0.05, 0) is 6.07 Å². The lowest BCUT2D eigenvalue weighted by atomic mass is 10.1. The minimum Gasteiger partial charge on any atom is -0.504 e. The molecule has 1 heterocycles. The number of aryl methyl sites for hydroxylation is 1. The Morgan fingerprint density at radius 2 is 2.07 bits per heavy atom. The molecular weight excluding hydrogens is 244 g/mol. The van der Waals surface area contributed by atoms with E-state index in [0.29, 0.717) is 0 Å². The van der Waals surface area contributed by atoms with Gasteiger partial charge >= 0.3 is 0 Å². The Morgan fingerprint density at radius 3 is 2.64 bits per heavy atom. The zero-order chi connectivity index (χ0) is 10.1. The molecule has 1 aromatic carbocycles. The van der Waals surface area contributed by atoms with Crippen LogP contribution in [0.25, 0.3) is 11.3 Å². The van der Waals surface area contributed by atoms with Crippen LogP contribution in [0.1, 0.15) is 0 Å². The van der Waals surface area contributed by atoms with Gasteiger partial charge in [0.25, 0.3) is 0 Å². The second kappa shape index (κ2) is 3.46. The summed E-state index contributed by atoms with van der Waals surface area (Å²) in [6.07, 6.45) is 1.44. The van der Waals surface area contributed by atoms with Crippen molar-refractivity contribution in [2.75, 3.05) is 0 Å². The fraction of sp³-hybridized carbons (Fsp3) is 0.100. The molecule has 0 saturated heterocycles. The third-order valence-corrected chi connectivity index (χ3v) is 2.74. The maximum Gasteiger partial charge on any atom is 0.161 e. The smallest absolute Gasteiger partial charge is 0.161 e. The van der Waals surface area contributed by atoms with Gasteiger partial charge in [0.15, 0.2) is 5.75 Å². The minimum absolute atomic E-state index is 0.194. The summed E-state index contributed by atoms with van der Waals surface area (Å²) < 4.78 is 2.59. The number of aromatic hydroxyl groups is 1. The van der Waals surface area contributed by atoms with Gasteiger partial charge in [-0.3, -0.25) is 4.68 Å². The van der Waals surface area contributed by atoms with Crippen molar-refractivity contribution in [3.05, 3.63) is 34.9 Å². The number of hydrogen-bond donors (Lipinski definition) is 1. The van der Waals surface area contributed by atoms with Crippen LogP contribution in [0.4, 0.5) is 0 Å². The average Bonchev–Trinajstić information content (AvgIpc) is 2.48. The first-order valence-corrected chi connectivity index (χ1v) is 4.95. The predicted octanol–water partition coefficient (Wildman–Crippen LogP) is 2.56. The number of aromatic nitrogens is 2. The largest absolute Gasteiger partial charge is 0.504 e. The van der Waals surface area contributed by atoms with E-state index in [4.69, 9.17) is 0 Å². The Hall–Kier alpha value is -1.29. The summed E-state index contributed by atoms with van der Waals surface area (Å²) in [6, 6.07) is 7.72. The van der Waals surface area contributed by atoms with Gasteiger partial charge in [0.05, 0.1) is 6.20 Å². The van der Waals surface area contributed by atoms with E-state index >= 15 is 0 Å². The van der Waals surface area contributed by atoms with Crippen LogP contribution in [0, 0.1) is 0 Å². The molecule has 2 aromatic rings. The van der Waals surface area contributed by atoms with Crippen LogP contribution in [0.2, 0.25) is 0 Å². The van der Waals surface area contributed by atoms with E-state index in [9.17, 15) is 5.11 Å². The predicted molar refractivity (Wildman–Crippen MR) is 58.0 cm³/mol. The lowest BCUT2D eigenvalue weighted by Gasteiger charge is -2.04. The number of hydrogen-bond acceptors (Lipinski definition) is 2. The van der Waals surface area contributed by atoms with Gasteiger partial charge in [0.2, 0.25) is 0 Å².